The van der Waals surface area contributed by atoms with Crippen molar-refractivity contribution in [2.75, 3.05) is 14.2 Å². The second kappa shape index (κ2) is 7.36. The molecule has 1 atom stereocenters. The van der Waals surface area contributed by atoms with Gasteiger partial charge in [0.1, 0.15) is 5.75 Å². The number of aromatic nitrogens is 2. The van der Waals surface area contributed by atoms with Gasteiger partial charge in [0, 0.05) is 38.6 Å². The molecule has 1 amide bonds. The first-order valence-electron chi connectivity index (χ1n) is 7.73. The largest absolute Gasteiger partial charge is 0.496 e. The van der Waals surface area contributed by atoms with Crippen LogP contribution in [0.5, 0.6) is 5.75 Å². The van der Waals surface area contributed by atoms with Crippen LogP contribution in [0.1, 0.15) is 17.8 Å². The maximum Gasteiger partial charge on any atom is 0.425 e. The summed E-state index contributed by atoms with van der Waals surface area (Å²) in [6.45, 7) is 0.0390. The maximum atomic E-state index is 13.5. The highest BCUT2D eigenvalue weighted by molar-refractivity contribution is 5.77. The van der Waals surface area contributed by atoms with Crippen LogP contribution in [0.3, 0.4) is 0 Å². The van der Waals surface area contributed by atoms with Crippen LogP contribution in [0.15, 0.2) is 36.7 Å². The Morgan fingerprint density at radius 2 is 2.00 bits per heavy atom. The van der Waals surface area contributed by atoms with E-state index < -0.39 is 29.9 Å². The van der Waals surface area contributed by atoms with E-state index >= 15 is 0 Å². The van der Waals surface area contributed by atoms with Gasteiger partial charge in [-0.05, 0) is 6.07 Å². The Hall–Kier alpha value is -2.55. The molecule has 1 heterocycles. The van der Waals surface area contributed by atoms with Crippen LogP contribution in [0.25, 0.3) is 0 Å². The number of aliphatic hydroxyl groups is 1. The highest BCUT2D eigenvalue weighted by Gasteiger charge is 2.58. The maximum absolute atomic E-state index is 13.5. The monoisotopic (exact) mass is 371 g/mol. The van der Waals surface area contributed by atoms with Crippen LogP contribution in [0.2, 0.25) is 0 Å². The number of hydrogen-bond donors (Lipinski definition) is 1. The molecule has 1 N–H and O–H groups in total. The molecule has 142 valence electrons. The zero-order valence-electron chi connectivity index (χ0n) is 14.6. The number of carbonyl (C=O) groups excluding carboxylic acids is 1. The minimum absolute atomic E-state index is 0.0390. The average molecular weight is 371 g/mol. The van der Waals surface area contributed by atoms with Crippen molar-refractivity contribution in [2.24, 2.45) is 7.05 Å². The zero-order chi connectivity index (χ0) is 19.5. The van der Waals surface area contributed by atoms with E-state index in [9.17, 15) is 23.1 Å². The molecule has 26 heavy (non-hydrogen) atoms. The Morgan fingerprint density at radius 3 is 2.54 bits per heavy atom. The zero-order valence-corrected chi connectivity index (χ0v) is 14.6. The molecule has 1 unspecified atom stereocenters. The fourth-order valence-corrected chi connectivity index (χ4v) is 2.60. The van der Waals surface area contributed by atoms with Crippen molar-refractivity contribution >= 4 is 5.91 Å². The number of carbonyl (C=O) groups is 1. The molecule has 2 rings (SSSR count). The number of rotatable bonds is 6. The van der Waals surface area contributed by atoms with E-state index in [1.54, 1.807) is 24.3 Å². The molecular weight excluding hydrogens is 351 g/mol. The van der Waals surface area contributed by atoms with Crippen molar-refractivity contribution in [2.45, 2.75) is 24.7 Å². The van der Waals surface area contributed by atoms with Gasteiger partial charge in [0.25, 0.3) is 0 Å². The van der Waals surface area contributed by atoms with Crippen molar-refractivity contribution in [3.63, 3.8) is 0 Å². The molecule has 0 bridgehead atoms. The molecule has 6 nitrogen and oxygen atoms in total. The van der Waals surface area contributed by atoms with Crippen LogP contribution in [0, 0.1) is 0 Å². The van der Waals surface area contributed by atoms with Crippen LogP contribution < -0.4 is 4.74 Å². The summed E-state index contributed by atoms with van der Waals surface area (Å²) in [5, 5.41) is 10.3. The van der Waals surface area contributed by atoms with E-state index in [0.717, 1.165) is 15.7 Å². The van der Waals surface area contributed by atoms with Gasteiger partial charge in [-0.2, -0.15) is 13.2 Å². The van der Waals surface area contributed by atoms with E-state index in [-0.39, 0.29) is 6.54 Å². The average Bonchev–Trinajstić information content (AvgIpc) is 3.00. The molecule has 9 heteroatoms. The number of hydrogen-bond acceptors (Lipinski definition) is 4. The van der Waals surface area contributed by atoms with Gasteiger partial charge in [-0.25, -0.2) is 4.98 Å². The lowest BCUT2D eigenvalue weighted by Crippen LogP contribution is -2.48. The Kier molecular flexibility index (Phi) is 5.60. The topological polar surface area (TPSA) is 67.6 Å². The van der Waals surface area contributed by atoms with Crippen LogP contribution >= 0.6 is 0 Å². The quantitative estimate of drug-likeness (QED) is 0.846. The molecule has 0 saturated carbocycles. The SMILES string of the molecule is COc1ccccc1CN(C)C(=O)CC(O)(c1nccn1C)C(F)(F)F. The van der Waals surface area contributed by atoms with E-state index in [4.69, 9.17) is 4.74 Å². The van der Waals surface area contributed by atoms with Gasteiger partial charge >= 0.3 is 6.18 Å². The summed E-state index contributed by atoms with van der Waals surface area (Å²) in [6.07, 6.45) is -3.83. The normalized spacial score (nSPS) is 14.0. The number of benzene rings is 1. The molecule has 0 radical (unpaired) electrons. The molecule has 0 saturated heterocycles. The standard InChI is InChI=1S/C17H20F3N3O3/c1-22-9-8-21-15(22)16(25,17(18,19)20)10-14(24)23(2)11-12-6-4-5-7-13(12)26-3/h4-9,25H,10-11H2,1-3H3. The Labute approximate surface area is 148 Å². The summed E-state index contributed by atoms with van der Waals surface area (Å²) in [6, 6.07) is 6.87. The van der Waals surface area contributed by atoms with Crippen molar-refractivity contribution in [3.8, 4) is 5.75 Å². The van der Waals surface area contributed by atoms with Gasteiger partial charge in [-0.3, -0.25) is 4.79 Å². The summed E-state index contributed by atoms with van der Waals surface area (Å²) in [5.41, 5.74) is -2.74. The molecule has 0 fully saturated rings. The molecule has 0 spiro atoms. The van der Waals surface area contributed by atoms with Crippen LogP contribution in [-0.4, -0.2) is 45.8 Å². The first-order valence-corrected chi connectivity index (χ1v) is 7.73. The summed E-state index contributed by atoms with van der Waals surface area (Å²) < 4.78 is 46.8. The lowest BCUT2D eigenvalue weighted by molar-refractivity contribution is -0.271. The number of halogens is 3. The van der Waals surface area contributed by atoms with Crippen LogP contribution in [0.4, 0.5) is 13.2 Å². The van der Waals surface area contributed by atoms with E-state index in [1.807, 2.05) is 0 Å². The van der Waals surface area contributed by atoms with Gasteiger partial charge < -0.3 is 19.3 Å². The molecule has 2 aromatic rings. The third kappa shape index (κ3) is 3.82. The number of nitrogens with zero attached hydrogens (tertiary/aromatic N) is 3. The summed E-state index contributed by atoms with van der Waals surface area (Å²) >= 11 is 0. The number of amides is 1. The van der Waals surface area contributed by atoms with Gasteiger partial charge in [-0.1, -0.05) is 18.2 Å². The molecule has 0 aliphatic rings. The fraction of sp³-hybridized carbons (Fsp3) is 0.412. The van der Waals surface area contributed by atoms with E-state index in [1.165, 1.54) is 27.4 Å². The smallest absolute Gasteiger partial charge is 0.425 e. The third-order valence-corrected chi connectivity index (χ3v) is 4.09. The second-order valence-corrected chi connectivity index (χ2v) is 5.96. The summed E-state index contributed by atoms with van der Waals surface area (Å²) in [5.74, 6) is -0.995. The predicted octanol–water partition coefficient (Wildman–Crippen LogP) is 2.23. The summed E-state index contributed by atoms with van der Waals surface area (Å²) in [7, 11) is 4.15. The van der Waals surface area contributed by atoms with Crippen molar-refractivity contribution in [1.29, 1.82) is 0 Å². The van der Waals surface area contributed by atoms with E-state index in [2.05, 4.69) is 4.98 Å². The lowest BCUT2D eigenvalue weighted by Gasteiger charge is -2.31. The Balaban J connectivity index is 2.23. The van der Waals surface area contributed by atoms with Crippen molar-refractivity contribution in [3.05, 3.63) is 48.0 Å². The first kappa shape index (κ1) is 19.8. The third-order valence-electron chi connectivity index (χ3n) is 4.09. The van der Waals surface area contributed by atoms with E-state index in [0.29, 0.717) is 11.3 Å². The van der Waals surface area contributed by atoms with Gasteiger partial charge in [0.05, 0.1) is 13.5 Å². The van der Waals surface area contributed by atoms with Gasteiger partial charge in [0.2, 0.25) is 11.5 Å². The lowest BCUT2D eigenvalue weighted by atomic mass is 9.96. The minimum atomic E-state index is -5.06. The van der Waals surface area contributed by atoms with Gasteiger partial charge in [0.15, 0.2) is 5.82 Å². The number of imidazole rings is 1. The molecule has 1 aromatic carbocycles. The molecule has 0 aliphatic heterocycles. The summed E-state index contributed by atoms with van der Waals surface area (Å²) in [4.78, 5) is 17.1. The number of aryl methyl sites for hydroxylation is 1. The number of para-hydroxylation sites is 1. The molecule has 0 aliphatic carbocycles. The highest BCUT2D eigenvalue weighted by Crippen LogP contribution is 2.41. The van der Waals surface area contributed by atoms with Crippen molar-refractivity contribution in [1.82, 2.24) is 14.5 Å². The second-order valence-electron chi connectivity index (χ2n) is 5.96. The number of methoxy groups -OCH3 is 1. The molecule has 1 aromatic heterocycles. The molecular formula is C17H20F3N3O3. The van der Waals surface area contributed by atoms with Crippen molar-refractivity contribution < 1.29 is 27.8 Å². The number of alkyl halides is 3. The fourth-order valence-electron chi connectivity index (χ4n) is 2.60. The number of ether oxygens (including phenoxy) is 1. The Morgan fingerprint density at radius 1 is 1.35 bits per heavy atom. The minimum Gasteiger partial charge on any atom is -0.496 e. The van der Waals surface area contributed by atoms with Gasteiger partial charge in [-0.15, -0.1) is 0 Å². The predicted molar refractivity (Wildman–Crippen MR) is 87.2 cm³/mol. The Bertz CT molecular complexity index is 776. The highest BCUT2D eigenvalue weighted by atomic mass is 19.4. The van der Waals surface area contributed by atoms with Crippen LogP contribution in [-0.2, 0) is 24.0 Å². The first-order chi connectivity index (χ1) is 12.1.